The Kier molecular flexibility index (Phi) is 4.99. The van der Waals surface area contributed by atoms with E-state index in [1.165, 1.54) is 4.88 Å². The largest absolute Gasteiger partial charge is 0.300 e. The van der Waals surface area contributed by atoms with Crippen molar-refractivity contribution in [3.63, 3.8) is 0 Å². The highest BCUT2D eigenvalue weighted by atomic mass is 35.5. The van der Waals surface area contributed by atoms with E-state index < -0.39 is 0 Å². The van der Waals surface area contributed by atoms with Crippen LogP contribution in [-0.4, -0.2) is 21.5 Å². The van der Waals surface area contributed by atoms with Gasteiger partial charge in [-0.2, -0.15) is 0 Å². The molecule has 3 nitrogen and oxygen atoms in total. The maximum absolute atomic E-state index is 11.2. The lowest BCUT2D eigenvalue weighted by molar-refractivity contribution is -0.116. The lowest BCUT2D eigenvalue weighted by Crippen LogP contribution is -1.93. The van der Waals surface area contributed by atoms with Gasteiger partial charge in [0.2, 0.25) is 0 Å². The van der Waals surface area contributed by atoms with Gasteiger partial charge in [-0.05, 0) is 31.5 Å². The summed E-state index contributed by atoms with van der Waals surface area (Å²) >= 11 is 9.28. The van der Waals surface area contributed by atoms with E-state index in [4.69, 9.17) is 11.6 Å². The highest BCUT2D eigenvalue weighted by Crippen LogP contribution is 2.41. The molecular weight excluding hydrogens is 348 g/mol. The number of thiophene rings is 1. The Bertz CT molecular complexity index is 859. The predicted octanol–water partition coefficient (Wildman–Crippen LogP) is 5.39. The number of carbonyl (C=O) groups is 1. The normalized spacial score (nSPS) is 11.1. The van der Waals surface area contributed by atoms with Crippen LogP contribution in [0, 0.1) is 6.92 Å². The molecule has 118 valence electrons. The molecule has 0 amide bonds. The Morgan fingerprint density at radius 3 is 2.70 bits per heavy atom. The molecule has 0 N–H and O–H groups in total. The number of fused-ring (bicyclic) bond motifs is 1. The molecule has 6 heteroatoms. The maximum Gasteiger partial charge on any atom is 0.130 e. The molecule has 0 aliphatic rings. The van der Waals surface area contributed by atoms with E-state index in [9.17, 15) is 4.79 Å². The summed E-state index contributed by atoms with van der Waals surface area (Å²) in [7, 11) is 0. The van der Waals surface area contributed by atoms with Crippen LogP contribution in [0.1, 0.15) is 18.2 Å². The fraction of sp³-hybridized carbons (Fsp3) is 0.235. The zero-order valence-corrected chi connectivity index (χ0v) is 15.2. The third-order valence-corrected chi connectivity index (χ3v) is 5.71. The summed E-state index contributed by atoms with van der Waals surface area (Å²) in [5, 5.41) is 2.73. The van der Waals surface area contributed by atoms with E-state index in [-0.39, 0.29) is 5.78 Å². The summed E-state index contributed by atoms with van der Waals surface area (Å²) in [6.45, 7) is 3.71. The van der Waals surface area contributed by atoms with Crippen molar-refractivity contribution in [3.05, 3.63) is 40.5 Å². The Hall–Kier alpha value is -1.43. The topological polar surface area (TPSA) is 42.9 Å². The van der Waals surface area contributed by atoms with Crippen molar-refractivity contribution in [1.82, 2.24) is 9.97 Å². The number of aromatic nitrogens is 2. The Morgan fingerprint density at radius 1 is 1.26 bits per heavy atom. The molecule has 0 spiro atoms. The Balaban J connectivity index is 2.08. The summed E-state index contributed by atoms with van der Waals surface area (Å²) in [6.07, 6.45) is 2.15. The van der Waals surface area contributed by atoms with Gasteiger partial charge in [0.15, 0.2) is 0 Å². The molecule has 23 heavy (non-hydrogen) atoms. The summed E-state index contributed by atoms with van der Waals surface area (Å²) in [4.78, 5) is 22.2. The first-order chi connectivity index (χ1) is 11.1. The van der Waals surface area contributed by atoms with Crippen LogP contribution in [0.2, 0.25) is 5.02 Å². The molecule has 0 bridgehead atoms. The number of benzene rings is 1. The second-order valence-electron chi connectivity index (χ2n) is 5.20. The number of Topliss-reactive ketones (excluding diaryl/α,β-unsaturated/α-hetero) is 1. The summed E-state index contributed by atoms with van der Waals surface area (Å²) in [6, 6.07) is 7.83. The van der Waals surface area contributed by atoms with Gasteiger partial charge < -0.3 is 0 Å². The first-order valence-electron chi connectivity index (χ1n) is 7.18. The van der Waals surface area contributed by atoms with Crippen LogP contribution in [0.3, 0.4) is 0 Å². The van der Waals surface area contributed by atoms with Gasteiger partial charge in [-0.25, -0.2) is 9.97 Å². The van der Waals surface area contributed by atoms with Crippen molar-refractivity contribution in [2.75, 3.05) is 5.75 Å². The number of halogens is 1. The average molecular weight is 363 g/mol. The molecule has 0 aliphatic carbocycles. The molecule has 0 saturated heterocycles. The van der Waals surface area contributed by atoms with Crippen LogP contribution in [0.15, 0.2) is 35.6 Å². The third-order valence-electron chi connectivity index (χ3n) is 3.46. The van der Waals surface area contributed by atoms with E-state index in [2.05, 4.69) is 16.9 Å². The van der Waals surface area contributed by atoms with Crippen molar-refractivity contribution in [2.24, 2.45) is 0 Å². The highest BCUT2D eigenvalue weighted by molar-refractivity contribution is 7.99. The van der Waals surface area contributed by atoms with E-state index in [1.807, 2.05) is 24.3 Å². The lowest BCUT2D eigenvalue weighted by atomic mass is 10.0. The van der Waals surface area contributed by atoms with Crippen molar-refractivity contribution in [2.45, 2.75) is 25.3 Å². The number of nitrogens with zero attached hydrogens (tertiary/aromatic N) is 2. The number of hydrogen-bond acceptors (Lipinski definition) is 5. The van der Waals surface area contributed by atoms with Gasteiger partial charge in [-0.3, -0.25) is 4.79 Å². The van der Waals surface area contributed by atoms with E-state index in [0.29, 0.717) is 6.42 Å². The first kappa shape index (κ1) is 16.4. The molecule has 3 aromatic rings. The van der Waals surface area contributed by atoms with Crippen molar-refractivity contribution in [1.29, 1.82) is 0 Å². The van der Waals surface area contributed by atoms with Crippen molar-refractivity contribution < 1.29 is 4.79 Å². The van der Waals surface area contributed by atoms with Crippen LogP contribution in [0.4, 0.5) is 0 Å². The van der Waals surface area contributed by atoms with E-state index in [0.717, 1.165) is 37.1 Å². The van der Waals surface area contributed by atoms with Crippen LogP contribution in [-0.2, 0) is 4.79 Å². The zero-order valence-electron chi connectivity index (χ0n) is 12.8. The van der Waals surface area contributed by atoms with Gasteiger partial charge in [0.25, 0.3) is 0 Å². The molecule has 0 radical (unpaired) electrons. The quantitative estimate of drug-likeness (QED) is 0.450. The number of ketones is 1. The van der Waals surface area contributed by atoms with E-state index >= 15 is 0 Å². The van der Waals surface area contributed by atoms with Gasteiger partial charge in [0.1, 0.15) is 22.0 Å². The van der Waals surface area contributed by atoms with Gasteiger partial charge >= 0.3 is 0 Å². The van der Waals surface area contributed by atoms with Crippen LogP contribution in [0.5, 0.6) is 0 Å². The van der Waals surface area contributed by atoms with E-state index in [1.54, 1.807) is 36.3 Å². The summed E-state index contributed by atoms with van der Waals surface area (Å²) in [5.74, 6) is 0.929. The van der Waals surface area contributed by atoms with Gasteiger partial charge in [0.05, 0.1) is 5.39 Å². The molecule has 0 unspecified atom stereocenters. The first-order valence-corrected chi connectivity index (χ1v) is 9.36. The second kappa shape index (κ2) is 6.99. The number of carbonyl (C=O) groups excluding carboxylic acids is 1. The monoisotopic (exact) mass is 362 g/mol. The zero-order chi connectivity index (χ0) is 16.4. The number of aryl methyl sites for hydroxylation is 1. The van der Waals surface area contributed by atoms with Gasteiger partial charge in [-0.15, -0.1) is 23.1 Å². The smallest absolute Gasteiger partial charge is 0.130 e. The number of rotatable bonds is 5. The van der Waals surface area contributed by atoms with Crippen LogP contribution < -0.4 is 0 Å². The Labute approximate surface area is 148 Å². The van der Waals surface area contributed by atoms with Crippen molar-refractivity contribution in [3.8, 4) is 11.1 Å². The molecule has 1 aromatic carbocycles. The molecule has 3 rings (SSSR count). The molecule has 2 aromatic heterocycles. The SMILES string of the molecule is CC(=O)CCSc1ncnc2sc(C)c(-c3ccc(Cl)cc3)c12. The standard InChI is InChI=1S/C17H15ClN2OS2/c1-10(21)7-8-22-16-15-14(12-3-5-13(18)6-4-12)11(2)23-17(15)20-9-19-16/h3-6,9H,7-8H2,1-2H3. The van der Waals surface area contributed by atoms with Gasteiger partial charge in [0, 0.05) is 27.6 Å². The molecule has 0 saturated carbocycles. The average Bonchev–Trinajstić information content (AvgIpc) is 2.85. The highest BCUT2D eigenvalue weighted by Gasteiger charge is 2.17. The van der Waals surface area contributed by atoms with Gasteiger partial charge in [-0.1, -0.05) is 23.7 Å². The molecule has 0 atom stereocenters. The third kappa shape index (κ3) is 3.57. The predicted molar refractivity (Wildman–Crippen MR) is 98.6 cm³/mol. The molecule has 0 fully saturated rings. The van der Waals surface area contributed by atoms with Crippen LogP contribution in [0.25, 0.3) is 21.3 Å². The number of hydrogen-bond donors (Lipinski definition) is 0. The van der Waals surface area contributed by atoms with Crippen LogP contribution >= 0.6 is 34.7 Å². The molecular formula is C17H15ClN2OS2. The summed E-state index contributed by atoms with van der Waals surface area (Å²) in [5.41, 5.74) is 2.27. The molecule has 0 aliphatic heterocycles. The fourth-order valence-corrected chi connectivity index (χ4v) is 4.63. The maximum atomic E-state index is 11.2. The molecule has 2 heterocycles. The number of thioether (sulfide) groups is 1. The fourth-order valence-electron chi connectivity index (χ4n) is 2.38. The second-order valence-corrected chi connectivity index (χ2v) is 7.92. The minimum absolute atomic E-state index is 0.197. The summed E-state index contributed by atoms with van der Waals surface area (Å²) < 4.78 is 0. The van der Waals surface area contributed by atoms with Crippen molar-refractivity contribution >= 4 is 50.7 Å². The minimum atomic E-state index is 0.197. The Morgan fingerprint density at radius 2 is 2.00 bits per heavy atom. The lowest BCUT2D eigenvalue weighted by Gasteiger charge is -2.06. The minimum Gasteiger partial charge on any atom is -0.300 e.